The van der Waals surface area contributed by atoms with E-state index in [9.17, 15) is 19.2 Å². The molecular weight excluding hydrogens is 336 g/mol. The molecule has 0 aliphatic carbocycles. The molecule has 2 aliphatic heterocycles. The minimum atomic E-state index is -0.938. The zero-order valence-corrected chi connectivity index (χ0v) is 14.6. The van der Waals surface area contributed by atoms with Crippen LogP contribution < -0.4 is 16.4 Å². The van der Waals surface area contributed by atoms with Crippen molar-refractivity contribution >= 4 is 23.6 Å². The second kappa shape index (κ2) is 7.35. The number of carbonyl (C=O) groups excluding carboxylic acids is 4. The Morgan fingerprint density at radius 3 is 2.65 bits per heavy atom. The number of benzene rings is 1. The van der Waals surface area contributed by atoms with E-state index >= 15 is 0 Å². The molecule has 0 aromatic heterocycles. The van der Waals surface area contributed by atoms with Crippen LogP contribution in [0.5, 0.6) is 0 Å². The number of imide groups is 2. The number of hydrogen-bond acceptors (Lipinski definition) is 6. The van der Waals surface area contributed by atoms with E-state index in [1.165, 1.54) is 0 Å². The molecule has 2 heterocycles. The van der Waals surface area contributed by atoms with Crippen LogP contribution in [0, 0.1) is 5.92 Å². The van der Waals surface area contributed by atoms with Crippen LogP contribution in [0.25, 0.3) is 0 Å². The number of piperidine rings is 1. The first-order valence-electron chi connectivity index (χ1n) is 8.67. The SMILES string of the molecule is C[C@H](CN)CNCc1ccc2c(c1)C(=O)N(C1CCC(=O)NC1=O)C2=O. The lowest BCUT2D eigenvalue weighted by atomic mass is 10.0. The topological polar surface area (TPSA) is 122 Å². The molecule has 8 nitrogen and oxygen atoms in total. The van der Waals surface area contributed by atoms with Crippen LogP contribution in [0.1, 0.15) is 46.0 Å². The highest BCUT2D eigenvalue weighted by molar-refractivity contribution is 6.23. The van der Waals surface area contributed by atoms with Gasteiger partial charge in [-0.3, -0.25) is 29.4 Å². The lowest BCUT2D eigenvalue weighted by molar-refractivity contribution is -0.136. The van der Waals surface area contributed by atoms with Crippen LogP contribution in [0.3, 0.4) is 0 Å². The van der Waals surface area contributed by atoms with Crippen LogP contribution in [0.4, 0.5) is 0 Å². The van der Waals surface area contributed by atoms with E-state index < -0.39 is 23.8 Å². The summed E-state index contributed by atoms with van der Waals surface area (Å²) < 4.78 is 0. The van der Waals surface area contributed by atoms with Crippen molar-refractivity contribution in [2.75, 3.05) is 13.1 Å². The van der Waals surface area contributed by atoms with Gasteiger partial charge in [-0.2, -0.15) is 0 Å². The van der Waals surface area contributed by atoms with Gasteiger partial charge in [0.05, 0.1) is 11.1 Å². The summed E-state index contributed by atoms with van der Waals surface area (Å²) in [5.41, 5.74) is 7.05. The van der Waals surface area contributed by atoms with Gasteiger partial charge in [0.1, 0.15) is 6.04 Å². The minimum absolute atomic E-state index is 0.109. The highest BCUT2D eigenvalue weighted by atomic mass is 16.2. The largest absolute Gasteiger partial charge is 0.330 e. The third-order valence-electron chi connectivity index (χ3n) is 4.73. The standard InChI is InChI=1S/C18H22N4O4/c1-10(7-19)8-20-9-11-2-3-12-13(6-11)18(26)22(17(12)25)14-4-5-15(23)21-16(14)24/h2-3,6,10,14,20H,4-5,7-9,19H2,1H3,(H,21,23,24)/t10-,14?/m1/s1. The number of amides is 4. The molecule has 4 amide bonds. The molecule has 2 aliphatic rings. The number of rotatable bonds is 6. The number of nitrogens with two attached hydrogens (primary N) is 1. The lowest BCUT2D eigenvalue weighted by Gasteiger charge is -2.27. The van der Waals surface area contributed by atoms with Gasteiger partial charge < -0.3 is 11.1 Å². The fourth-order valence-corrected chi connectivity index (χ4v) is 3.17. The molecule has 4 N–H and O–H groups in total. The third-order valence-corrected chi connectivity index (χ3v) is 4.73. The van der Waals surface area contributed by atoms with Gasteiger partial charge in [-0.1, -0.05) is 13.0 Å². The van der Waals surface area contributed by atoms with Gasteiger partial charge >= 0.3 is 0 Å². The number of nitrogens with one attached hydrogen (secondary N) is 2. The summed E-state index contributed by atoms with van der Waals surface area (Å²) in [7, 11) is 0. The number of carbonyl (C=O) groups is 4. The average molecular weight is 358 g/mol. The van der Waals surface area contributed by atoms with Crippen molar-refractivity contribution in [3.05, 3.63) is 34.9 Å². The van der Waals surface area contributed by atoms with Crippen molar-refractivity contribution in [1.82, 2.24) is 15.5 Å². The third kappa shape index (κ3) is 3.38. The maximum absolute atomic E-state index is 12.7. The van der Waals surface area contributed by atoms with E-state index in [0.717, 1.165) is 17.0 Å². The summed E-state index contributed by atoms with van der Waals surface area (Å²) in [5.74, 6) is -1.63. The smallest absolute Gasteiger partial charge is 0.262 e. The zero-order valence-electron chi connectivity index (χ0n) is 14.6. The fraction of sp³-hybridized carbons (Fsp3) is 0.444. The molecule has 2 atom stereocenters. The second-order valence-electron chi connectivity index (χ2n) is 6.80. The summed E-state index contributed by atoms with van der Waals surface area (Å²) in [6.07, 6.45) is 0.264. The van der Waals surface area contributed by atoms with Gasteiger partial charge in [0, 0.05) is 13.0 Å². The first-order valence-corrected chi connectivity index (χ1v) is 8.67. The fourth-order valence-electron chi connectivity index (χ4n) is 3.17. The summed E-state index contributed by atoms with van der Waals surface area (Å²) >= 11 is 0. The zero-order chi connectivity index (χ0) is 18.8. The van der Waals surface area contributed by atoms with Crippen molar-refractivity contribution in [1.29, 1.82) is 0 Å². The molecule has 3 rings (SSSR count). The molecule has 8 heteroatoms. The van der Waals surface area contributed by atoms with E-state index in [-0.39, 0.29) is 18.7 Å². The predicted octanol–water partition coefficient (Wildman–Crippen LogP) is -0.228. The summed E-state index contributed by atoms with van der Waals surface area (Å²) in [4.78, 5) is 49.6. The van der Waals surface area contributed by atoms with Gasteiger partial charge in [-0.05, 0) is 43.1 Å². The monoisotopic (exact) mass is 358 g/mol. The molecule has 1 unspecified atom stereocenters. The van der Waals surface area contributed by atoms with Gasteiger partial charge in [0.2, 0.25) is 11.8 Å². The van der Waals surface area contributed by atoms with Gasteiger partial charge in [0.25, 0.3) is 11.8 Å². The Hall–Kier alpha value is -2.58. The van der Waals surface area contributed by atoms with E-state index in [2.05, 4.69) is 10.6 Å². The van der Waals surface area contributed by atoms with Crippen LogP contribution in [0.15, 0.2) is 18.2 Å². The van der Waals surface area contributed by atoms with Crippen molar-refractivity contribution in [2.24, 2.45) is 11.7 Å². The van der Waals surface area contributed by atoms with Gasteiger partial charge in [-0.15, -0.1) is 0 Å². The maximum atomic E-state index is 12.7. The van der Waals surface area contributed by atoms with Crippen molar-refractivity contribution < 1.29 is 19.2 Å². The van der Waals surface area contributed by atoms with Gasteiger partial charge in [0.15, 0.2) is 0 Å². The molecule has 1 saturated heterocycles. The lowest BCUT2D eigenvalue weighted by Crippen LogP contribution is -2.54. The molecule has 1 fully saturated rings. The van der Waals surface area contributed by atoms with Crippen LogP contribution >= 0.6 is 0 Å². The normalized spacial score (nSPS) is 21.0. The highest BCUT2D eigenvalue weighted by Gasteiger charge is 2.44. The number of hydrogen-bond donors (Lipinski definition) is 3. The summed E-state index contributed by atoms with van der Waals surface area (Å²) in [6.45, 7) is 3.93. The number of nitrogens with zero attached hydrogens (tertiary/aromatic N) is 1. The molecule has 0 saturated carbocycles. The Labute approximate surface area is 151 Å². The average Bonchev–Trinajstić information content (AvgIpc) is 2.86. The van der Waals surface area contributed by atoms with E-state index in [1.807, 2.05) is 6.92 Å². The first kappa shape index (κ1) is 18.2. The number of fused-ring (bicyclic) bond motifs is 1. The second-order valence-corrected chi connectivity index (χ2v) is 6.80. The Kier molecular flexibility index (Phi) is 5.15. The summed E-state index contributed by atoms with van der Waals surface area (Å²) in [6, 6.07) is 4.15. The van der Waals surface area contributed by atoms with Crippen LogP contribution in [-0.2, 0) is 16.1 Å². The van der Waals surface area contributed by atoms with Gasteiger partial charge in [-0.25, -0.2) is 0 Å². The molecule has 0 radical (unpaired) electrons. The Morgan fingerprint density at radius 1 is 1.23 bits per heavy atom. The summed E-state index contributed by atoms with van der Waals surface area (Å²) in [5, 5.41) is 5.45. The molecule has 0 spiro atoms. The Bertz CT molecular complexity index is 776. The Balaban J connectivity index is 1.75. The van der Waals surface area contributed by atoms with E-state index in [1.54, 1.807) is 18.2 Å². The van der Waals surface area contributed by atoms with E-state index in [0.29, 0.717) is 30.1 Å². The molecule has 1 aromatic rings. The molecule has 1 aromatic carbocycles. The Morgan fingerprint density at radius 2 is 1.96 bits per heavy atom. The predicted molar refractivity (Wildman–Crippen MR) is 93.0 cm³/mol. The molecule has 0 bridgehead atoms. The van der Waals surface area contributed by atoms with Crippen molar-refractivity contribution in [2.45, 2.75) is 32.4 Å². The minimum Gasteiger partial charge on any atom is -0.330 e. The van der Waals surface area contributed by atoms with Crippen molar-refractivity contribution in [3.63, 3.8) is 0 Å². The van der Waals surface area contributed by atoms with E-state index in [4.69, 9.17) is 5.73 Å². The van der Waals surface area contributed by atoms with Crippen LogP contribution in [-0.4, -0.2) is 47.7 Å². The molecular formula is C18H22N4O4. The van der Waals surface area contributed by atoms with Crippen LogP contribution in [0.2, 0.25) is 0 Å². The quantitative estimate of drug-likeness (QED) is 0.604. The maximum Gasteiger partial charge on any atom is 0.262 e. The molecule has 26 heavy (non-hydrogen) atoms. The first-order chi connectivity index (χ1) is 12.4. The highest BCUT2D eigenvalue weighted by Crippen LogP contribution is 2.28. The van der Waals surface area contributed by atoms with Crippen molar-refractivity contribution in [3.8, 4) is 0 Å². The molecule has 138 valence electrons.